The number of benzene rings is 3. The van der Waals surface area contributed by atoms with Gasteiger partial charge in [-0.05, 0) is 36.4 Å². The molecule has 1 aromatic heterocycles. The molecule has 0 bridgehead atoms. The highest BCUT2D eigenvalue weighted by atomic mass is 32.2. The summed E-state index contributed by atoms with van der Waals surface area (Å²) in [7, 11) is 0. The van der Waals surface area contributed by atoms with Gasteiger partial charge in [-0.1, -0.05) is 36.4 Å². The first-order chi connectivity index (χ1) is 17.1. The largest absolute Gasteiger partial charge is 0.371 e. The molecule has 0 aliphatic carbocycles. The van der Waals surface area contributed by atoms with Gasteiger partial charge in [0.25, 0.3) is 0 Å². The Morgan fingerprint density at radius 1 is 1.00 bits per heavy atom. The van der Waals surface area contributed by atoms with Crippen molar-refractivity contribution < 1.29 is 9.59 Å². The van der Waals surface area contributed by atoms with Crippen molar-refractivity contribution in [3.63, 3.8) is 0 Å². The van der Waals surface area contributed by atoms with Crippen molar-refractivity contribution in [3.05, 3.63) is 79.0 Å². The van der Waals surface area contributed by atoms with Crippen molar-refractivity contribution in [1.82, 2.24) is 4.98 Å². The topological polar surface area (TPSA) is 80.5 Å². The minimum Gasteiger partial charge on any atom is -0.371 e. The summed E-state index contributed by atoms with van der Waals surface area (Å²) in [6.45, 7) is 2.54. The predicted octanol–water partition coefficient (Wildman–Crippen LogP) is 5.39. The van der Waals surface area contributed by atoms with Crippen molar-refractivity contribution in [2.24, 2.45) is 5.92 Å². The van der Waals surface area contributed by atoms with Gasteiger partial charge in [0, 0.05) is 58.9 Å². The van der Waals surface area contributed by atoms with E-state index >= 15 is 0 Å². The second-order valence-electron chi connectivity index (χ2n) is 8.91. The maximum Gasteiger partial charge on any atom is 0.323 e. The molecular formula is C27H25N5O2S. The second-order valence-corrected chi connectivity index (χ2v) is 9.93. The van der Waals surface area contributed by atoms with E-state index in [4.69, 9.17) is 0 Å². The number of urea groups is 1. The molecule has 3 heterocycles. The zero-order valence-electron chi connectivity index (χ0n) is 19.0. The van der Waals surface area contributed by atoms with Crippen molar-refractivity contribution in [2.45, 2.75) is 4.90 Å². The minimum absolute atomic E-state index is 0.112. The van der Waals surface area contributed by atoms with Crippen molar-refractivity contribution >= 4 is 57.4 Å². The Morgan fingerprint density at radius 2 is 1.80 bits per heavy atom. The standard InChI is InChI=1S/C27H25N5O2S/c33-26-17-35-25-11-10-19(29-27(34)30-23-13-28-22-9-5-4-8-21(22)23)12-24(25)32(26)16-18-14-31(15-18)20-6-2-1-3-7-20/h1-13,18,28H,14-17H2,(H2,29,30,34). The molecule has 35 heavy (non-hydrogen) atoms. The van der Waals surface area contributed by atoms with E-state index in [1.807, 2.05) is 65.6 Å². The lowest BCUT2D eigenvalue weighted by molar-refractivity contribution is -0.116. The molecule has 3 amide bonds. The third-order valence-corrected chi connectivity index (χ3v) is 7.56. The Kier molecular flexibility index (Phi) is 5.58. The van der Waals surface area contributed by atoms with Crippen LogP contribution in [0.3, 0.4) is 0 Å². The second kappa shape index (κ2) is 9.03. The van der Waals surface area contributed by atoms with Crippen molar-refractivity contribution in [1.29, 1.82) is 0 Å². The molecule has 2 aliphatic heterocycles. The number of hydrogen-bond donors (Lipinski definition) is 3. The molecule has 2 aliphatic rings. The maximum atomic E-state index is 12.8. The van der Waals surface area contributed by atoms with Gasteiger partial charge in [0.15, 0.2) is 0 Å². The molecule has 0 saturated carbocycles. The van der Waals surface area contributed by atoms with Gasteiger partial charge in [-0.25, -0.2) is 4.79 Å². The fraction of sp³-hybridized carbons (Fsp3) is 0.185. The van der Waals surface area contributed by atoms with Crippen molar-refractivity contribution in [3.8, 4) is 0 Å². The van der Waals surface area contributed by atoms with E-state index in [1.165, 1.54) is 5.69 Å². The van der Waals surface area contributed by atoms with Gasteiger partial charge < -0.3 is 25.4 Å². The fourth-order valence-corrected chi connectivity index (χ4v) is 5.65. The molecule has 0 atom stereocenters. The lowest BCUT2D eigenvalue weighted by atomic mass is 9.98. The Morgan fingerprint density at radius 3 is 2.66 bits per heavy atom. The van der Waals surface area contributed by atoms with E-state index in [1.54, 1.807) is 18.0 Å². The van der Waals surface area contributed by atoms with Crippen LogP contribution in [0.25, 0.3) is 10.9 Å². The molecule has 3 aromatic carbocycles. The molecule has 0 unspecified atom stereocenters. The number of para-hydroxylation sites is 2. The van der Waals surface area contributed by atoms with Gasteiger partial charge in [0.2, 0.25) is 5.91 Å². The van der Waals surface area contributed by atoms with Crippen LogP contribution in [-0.2, 0) is 4.79 Å². The highest BCUT2D eigenvalue weighted by molar-refractivity contribution is 8.00. The number of nitrogens with one attached hydrogen (secondary N) is 3. The molecule has 6 rings (SSSR count). The van der Waals surface area contributed by atoms with Gasteiger partial charge in [0.05, 0.1) is 17.1 Å². The summed E-state index contributed by atoms with van der Waals surface area (Å²) in [5, 5.41) is 6.78. The van der Waals surface area contributed by atoms with Gasteiger partial charge in [-0.2, -0.15) is 0 Å². The third kappa shape index (κ3) is 4.33. The summed E-state index contributed by atoms with van der Waals surface area (Å²) in [4.78, 5) is 34.0. The summed E-state index contributed by atoms with van der Waals surface area (Å²) in [6, 6.07) is 23.6. The van der Waals surface area contributed by atoms with E-state index in [-0.39, 0.29) is 11.9 Å². The molecule has 1 fully saturated rings. The normalized spacial score (nSPS) is 15.6. The Labute approximate surface area is 207 Å². The van der Waals surface area contributed by atoms with Crippen LogP contribution >= 0.6 is 11.8 Å². The summed E-state index contributed by atoms with van der Waals surface area (Å²) in [6.07, 6.45) is 1.78. The molecule has 7 nitrogen and oxygen atoms in total. The van der Waals surface area contributed by atoms with E-state index in [0.29, 0.717) is 23.9 Å². The lowest BCUT2D eigenvalue weighted by Crippen LogP contribution is -2.53. The lowest BCUT2D eigenvalue weighted by Gasteiger charge is -2.44. The molecule has 0 spiro atoms. The number of aromatic amines is 1. The van der Waals surface area contributed by atoms with Crippen LogP contribution < -0.4 is 20.4 Å². The first-order valence-corrected chi connectivity index (χ1v) is 12.6. The smallest absolute Gasteiger partial charge is 0.323 e. The number of nitrogens with zero attached hydrogens (tertiary/aromatic N) is 2. The number of fused-ring (bicyclic) bond motifs is 2. The molecule has 176 valence electrons. The quantitative estimate of drug-likeness (QED) is 0.356. The van der Waals surface area contributed by atoms with Crippen LogP contribution in [0.5, 0.6) is 0 Å². The van der Waals surface area contributed by atoms with Gasteiger partial charge >= 0.3 is 6.03 Å². The number of carbonyl (C=O) groups is 2. The van der Waals surface area contributed by atoms with Crippen LogP contribution in [0.4, 0.5) is 27.5 Å². The van der Waals surface area contributed by atoms with Gasteiger partial charge in [-0.15, -0.1) is 11.8 Å². The van der Waals surface area contributed by atoms with E-state index in [0.717, 1.165) is 40.3 Å². The molecular weight excluding hydrogens is 458 g/mol. The first kappa shape index (κ1) is 21.6. The number of amides is 3. The number of aromatic nitrogens is 1. The number of hydrogen-bond acceptors (Lipinski definition) is 4. The van der Waals surface area contributed by atoms with E-state index in [9.17, 15) is 9.59 Å². The zero-order chi connectivity index (χ0) is 23.8. The van der Waals surface area contributed by atoms with Crippen LogP contribution in [0.2, 0.25) is 0 Å². The van der Waals surface area contributed by atoms with Crippen LogP contribution in [0, 0.1) is 5.92 Å². The number of rotatable bonds is 5. The average Bonchev–Trinajstić information content (AvgIpc) is 3.25. The molecule has 4 aromatic rings. The van der Waals surface area contributed by atoms with Crippen LogP contribution in [0.1, 0.15) is 0 Å². The number of carbonyl (C=O) groups excluding carboxylic acids is 2. The number of thioether (sulfide) groups is 1. The Hall–Kier alpha value is -3.91. The van der Waals surface area contributed by atoms with Crippen LogP contribution in [0.15, 0.2) is 83.9 Å². The summed E-state index contributed by atoms with van der Waals surface area (Å²) in [5.41, 5.74) is 4.42. The van der Waals surface area contributed by atoms with Gasteiger partial charge in [-0.3, -0.25) is 4.79 Å². The van der Waals surface area contributed by atoms with Crippen LogP contribution in [-0.4, -0.2) is 42.3 Å². The van der Waals surface area contributed by atoms with Crippen molar-refractivity contribution in [2.75, 3.05) is 45.8 Å². The summed E-state index contributed by atoms with van der Waals surface area (Å²) in [5.74, 6) is 0.966. The monoisotopic (exact) mass is 483 g/mol. The fourth-order valence-electron chi connectivity index (χ4n) is 4.73. The summed E-state index contributed by atoms with van der Waals surface area (Å²) >= 11 is 1.55. The minimum atomic E-state index is -0.325. The van der Waals surface area contributed by atoms with E-state index in [2.05, 4.69) is 32.7 Å². The third-order valence-electron chi connectivity index (χ3n) is 6.52. The maximum absolute atomic E-state index is 12.8. The number of H-pyrrole nitrogens is 1. The molecule has 3 N–H and O–H groups in total. The van der Waals surface area contributed by atoms with Gasteiger partial charge in [0.1, 0.15) is 0 Å². The first-order valence-electron chi connectivity index (χ1n) is 11.7. The Bertz CT molecular complexity index is 1400. The summed E-state index contributed by atoms with van der Waals surface area (Å²) < 4.78 is 0. The highest BCUT2D eigenvalue weighted by Gasteiger charge is 2.33. The SMILES string of the molecule is O=C(Nc1ccc2c(c1)N(CC1CN(c3ccccc3)C1)C(=O)CS2)Nc1c[nH]c2ccccc12. The molecule has 1 saturated heterocycles. The number of anilines is 4. The molecule has 0 radical (unpaired) electrons. The zero-order valence-corrected chi connectivity index (χ0v) is 19.8. The average molecular weight is 484 g/mol. The predicted molar refractivity (Wildman–Crippen MR) is 143 cm³/mol. The highest BCUT2D eigenvalue weighted by Crippen LogP contribution is 2.38. The van der Waals surface area contributed by atoms with E-state index < -0.39 is 0 Å². The molecule has 8 heteroatoms. The Balaban J connectivity index is 1.14.